The van der Waals surface area contributed by atoms with Crippen molar-refractivity contribution in [3.8, 4) is 0 Å². The quantitative estimate of drug-likeness (QED) is 0.838. The lowest BCUT2D eigenvalue weighted by atomic mass is 10.1. The molecule has 0 radical (unpaired) electrons. The highest BCUT2D eigenvalue weighted by atomic mass is 16.2. The van der Waals surface area contributed by atoms with Crippen LogP contribution >= 0.6 is 0 Å². The van der Waals surface area contributed by atoms with Crippen LogP contribution in [0.25, 0.3) is 0 Å². The Labute approximate surface area is 131 Å². The molecule has 1 aliphatic heterocycles. The van der Waals surface area contributed by atoms with Gasteiger partial charge in [0.2, 0.25) is 11.8 Å². The number of hydrogen-bond donors (Lipinski definition) is 2. The molecule has 1 aromatic heterocycles. The molecule has 0 aromatic carbocycles. The molecule has 5 nitrogen and oxygen atoms in total. The lowest BCUT2D eigenvalue weighted by molar-refractivity contribution is -0.130. The zero-order valence-corrected chi connectivity index (χ0v) is 13.0. The summed E-state index contributed by atoms with van der Waals surface area (Å²) in [6.45, 7) is 1.10. The number of carbonyl (C=O) groups is 2. The summed E-state index contributed by atoms with van der Waals surface area (Å²) in [7, 11) is 0. The molecular formula is C17H25N3O2. The van der Waals surface area contributed by atoms with Crippen molar-refractivity contribution in [2.75, 3.05) is 6.54 Å². The molecule has 2 N–H and O–H groups in total. The van der Waals surface area contributed by atoms with E-state index in [-0.39, 0.29) is 17.7 Å². The van der Waals surface area contributed by atoms with Crippen molar-refractivity contribution in [2.24, 2.45) is 5.92 Å². The SMILES string of the molecule is O=C(NCc1ccc[nH]1)C1CC(=O)N(C2CCCCCC2)C1. The van der Waals surface area contributed by atoms with Crippen LogP contribution < -0.4 is 5.32 Å². The number of amides is 2. The maximum Gasteiger partial charge on any atom is 0.225 e. The number of likely N-dealkylation sites (tertiary alicyclic amines) is 1. The lowest BCUT2D eigenvalue weighted by Gasteiger charge is -2.27. The zero-order chi connectivity index (χ0) is 15.4. The Morgan fingerprint density at radius 1 is 1.27 bits per heavy atom. The minimum absolute atomic E-state index is 0.000859. The first-order chi connectivity index (χ1) is 10.7. The van der Waals surface area contributed by atoms with Crippen LogP contribution in [0.15, 0.2) is 18.3 Å². The average Bonchev–Trinajstić information content (AvgIpc) is 3.08. The van der Waals surface area contributed by atoms with Crippen molar-refractivity contribution in [1.29, 1.82) is 0 Å². The van der Waals surface area contributed by atoms with Gasteiger partial charge in [-0.1, -0.05) is 25.7 Å². The van der Waals surface area contributed by atoms with Crippen LogP contribution in [0.2, 0.25) is 0 Å². The number of aromatic amines is 1. The molecule has 1 saturated heterocycles. The van der Waals surface area contributed by atoms with Gasteiger partial charge in [-0.25, -0.2) is 0 Å². The molecule has 1 unspecified atom stereocenters. The Morgan fingerprint density at radius 2 is 2.05 bits per heavy atom. The molecule has 1 atom stereocenters. The van der Waals surface area contributed by atoms with E-state index in [1.807, 2.05) is 23.2 Å². The van der Waals surface area contributed by atoms with Gasteiger partial charge in [-0.05, 0) is 25.0 Å². The Kier molecular flexibility index (Phi) is 4.80. The van der Waals surface area contributed by atoms with Crippen LogP contribution in [-0.2, 0) is 16.1 Å². The van der Waals surface area contributed by atoms with E-state index < -0.39 is 0 Å². The molecule has 1 saturated carbocycles. The fourth-order valence-electron chi connectivity index (χ4n) is 3.63. The minimum Gasteiger partial charge on any atom is -0.364 e. The van der Waals surface area contributed by atoms with E-state index in [2.05, 4.69) is 10.3 Å². The van der Waals surface area contributed by atoms with Crippen molar-refractivity contribution in [3.05, 3.63) is 24.0 Å². The summed E-state index contributed by atoms with van der Waals surface area (Å²) < 4.78 is 0. The van der Waals surface area contributed by atoms with Gasteiger partial charge >= 0.3 is 0 Å². The highest BCUT2D eigenvalue weighted by Crippen LogP contribution is 2.28. The molecule has 2 fully saturated rings. The number of H-pyrrole nitrogens is 1. The predicted octanol–water partition coefficient (Wildman–Crippen LogP) is 2.20. The number of aromatic nitrogens is 1. The largest absolute Gasteiger partial charge is 0.364 e. The maximum absolute atomic E-state index is 12.3. The van der Waals surface area contributed by atoms with Crippen LogP contribution in [0.3, 0.4) is 0 Å². The first-order valence-electron chi connectivity index (χ1n) is 8.43. The number of carbonyl (C=O) groups excluding carboxylic acids is 2. The molecule has 22 heavy (non-hydrogen) atoms. The van der Waals surface area contributed by atoms with Crippen molar-refractivity contribution in [1.82, 2.24) is 15.2 Å². The van der Waals surface area contributed by atoms with Crippen molar-refractivity contribution in [3.63, 3.8) is 0 Å². The molecule has 120 valence electrons. The summed E-state index contributed by atoms with van der Waals surface area (Å²) in [5, 5.41) is 2.93. The summed E-state index contributed by atoms with van der Waals surface area (Å²) >= 11 is 0. The van der Waals surface area contributed by atoms with Gasteiger partial charge in [-0.2, -0.15) is 0 Å². The molecule has 3 rings (SSSR count). The van der Waals surface area contributed by atoms with E-state index in [0.29, 0.717) is 25.6 Å². The van der Waals surface area contributed by atoms with Crippen molar-refractivity contribution in [2.45, 2.75) is 57.5 Å². The van der Waals surface area contributed by atoms with Crippen molar-refractivity contribution < 1.29 is 9.59 Å². The van der Waals surface area contributed by atoms with E-state index in [0.717, 1.165) is 18.5 Å². The maximum atomic E-state index is 12.3. The minimum atomic E-state index is -0.189. The standard InChI is InChI=1S/C17H25N3O2/c21-16-10-13(17(22)19-11-14-6-5-9-18-14)12-20(16)15-7-3-1-2-4-8-15/h5-6,9,13,15,18H,1-4,7-8,10-12H2,(H,19,22). The molecule has 2 aliphatic rings. The normalized spacial score (nSPS) is 23.5. The number of nitrogens with zero attached hydrogens (tertiary/aromatic N) is 1. The monoisotopic (exact) mass is 303 g/mol. The van der Waals surface area contributed by atoms with Crippen LogP contribution in [0.1, 0.15) is 50.6 Å². The van der Waals surface area contributed by atoms with Crippen LogP contribution in [0.4, 0.5) is 0 Å². The lowest BCUT2D eigenvalue weighted by Crippen LogP contribution is -2.38. The van der Waals surface area contributed by atoms with Gasteiger partial charge in [0, 0.05) is 30.9 Å². The highest BCUT2D eigenvalue weighted by molar-refractivity contribution is 5.89. The summed E-state index contributed by atoms with van der Waals surface area (Å²) in [6.07, 6.45) is 9.37. The molecule has 1 aromatic rings. The fraction of sp³-hybridized carbons (Fsp3) is 0.647. The second-order valence-electron chi connectivity index (χ2n) is 6.51. The first-order valence-corrected chi connectivity index (χ1v) is 8.43. The number of rotatable bonds is 4. The van der Waals surface area contributed by atoms with E-state index in [4.69, 9.17) is 0 Å². The fourth-order valence-corrected chi connectivity index (χ4v) is 3.63. The summed E-state index contributed by atoms with van der Waals surface area (Å²) in [4.78, 5) is 29.6. The third-order valence-electron chi connectivity index (χ3n) is 4.91. The Morgan fingerprint density at radius 3 is 2.73 bits per heavy atom. The predicted molar refractivity (Wildman–Crippen MR) is 83.9 cm³/mol. The van der Waals surface area contributed by atoms with Crippen molar-refractivity contribution >= 4 is 11.8 Å². The second-order valence-corrected chi connectivity index (χ2v) is 6.51. The summed E-state index contributed by atoms with van der Waals surface area (Å²) in [5.41, 5.74) is 0.985. The van der Waals surface area contributed by atoms with Crippen LogP contribution in [0.5, 0.6) is 0 Å². The van der Waals surface area contributed by atoms with Gasteiger partial charge in [0.1, 0.15) is 0 Å². The Hall–Kier alpha value is -1.78. The molecule has 0 spiro atoms. The van der Waals surface area contributed by atoms with E-state index in [1.54, 1.807) is 0 Å². The average molecular weight is 303 g/mol. The summed E-state index contributed by atoms with van der Waals surface area (Å²) in [5.74, 6) is -0.0308. The van der Waals surface area contributed by atoms with E-state index in [9.17, 15) is 9.59 Å². The smallest absolute Gasteiger partial charge is 0.225 e. The van der Waals surface area contributed by atoms with E-state index in [1.165, 1.54) is 25.7 Å². The van der Waals surface area contributed by atoms with Gasteiger partial charge in [-0.15, -0.1) is 0 Å². The number of hydrogen-bond acceptors (Lipinski definition) is 2. The zero-order valence-electron chi connectivity index (χ0n) is 13.0. The molecule has 1 aliphatic carbocycles. The van der Waals surface area contributed by atoms with E-state index >= 15 is 0 Å². The van der Waals surface area contributed by atoms with Gasteiger partial charge < -0.3 is 15.2 Å². The molecule has 2 amide bonds. The molecular weight excluding hydrogens is 278 g/mol. The number of nitrogens with one attached hydrogen (secondary N) is 2. The second kappa shape index (κ2) is 6.99. The highest BCUT2D eigenvalue weighted by Gasteiger charge is 2.37. The van der Waals surface area contributed by atoms with Gasteiger partial charge in [0.15, 0.2) is 0 Å². The Bertz CT molecular complexity index is 504. The molecule has 2 heterocycles. The molecule has 0 bridgehead atoms. The molecule has 5 heteroatoms. The topological polar surface area (TPSA) is 65.2 Å². The third kappa shape index (κ3) is 3.51. The summed E-state index contributed by atoms with van der Waals surface area (Å²) in [6, 6.07) is 4.21. The first kappa shape index (κ1) is 15.1. The van der Waals surface area contributed by atoms with Gasteiger partial charge in [0.05, 0.1) is 12.5 Å². The van der Waals surface area contributed by atoms with Crippen LogP contribution in [-0.4, -0.2) is 34.3 Å². The van der Waals surface area contributed by atoms with Gasteiger partial charge in [0.25, 0.3) is 0 Å². The Balaban J connectivity index is 1.53. The third-order valence-corrected chi connectivity index (χ3v) is 4.91. The van der Waals surface area contributed by atoms with Gasteiger partial charge in [-0.3, -0.25) is 9.59 Å². The van der Waals surface area contributed by atoms with Crippen LogP contribution in [0, 0.1) is 5.92 Å².